The van der Waals surface area contributed by atoms with Crippen LogP contribution in [0.3, 0.4) is 0 Å². The standard InChI is InChI=1S/C11H27NOSi2/c1-11(2,3)13-14-10-8-9-12(4)15(5,6)7/h8-10H2,1-7H3. The highest BCUT2D eigenvalue weighted by Crippen LogP contribution is 2.09. The van der Waals surface area contributed by atoms with Gasteiger partial charge in [-0.15, -0.1) is 0 Å². The Labute approximate surface area is 99.4 Å². The maximum Gasteiger partial charge on any atom is 0.230 e. The van der Waals surface area contributed by atoms with Gasteiger partial charge in [-0.25, -0.2) is 0 Å². The molecular formula is C11H27NOSi2. The Kier molecular flexibility index (Phi) is 6.32. The minimum absolute atomic E-state index is 0.0309. The zero-order valence-corrected chi connectivity index (χ0v) is 13.5. The highest BCUT2D eigenvalue weighted by molar-refractivity contribution is 6.73. The molecule has 2 radical (unpaired) electrons. The molecule has 90 valence electrons. The summed E-state index contributed by atoms with van der Waals surface area (Å²) in [4.78, 5) is 0. The minimum atomic E-state index is -1.06. The molecule has 0 N–H and O–H groups in total. The molecule has 0 aromatic carbocycles. The molecule has 0 unspecified atom stereocenters. The van der Waals surface area contributed by atoms with E-state index in [1.165, 1.54) is 19.0 Å². The molecule has 0 bridgehead atoms. The number of nitrogens with zero attached hydrogens (tertiary/aromatic N) is 1. The van der Waals surface area contributed by atoms with Gasteiger partial charge in [0, 0.05) is 5.60 Å². The van der Waals surface area contributed by atoms with E-state index in [0.29, 0.717) is 9.76 Å². The second kappa shape index (κ2) is 6.18. The van der Waals surface area contributed by atoms with Gasteiger partial charge in [0.05, 0.1) is 0 Å². The van der Waals surface area contributed by atoms with Crippen molar-refractivity contribution in [2.75, 3.05) is 13.6 Å². The van der Waals surface area contributed by atoms with Crippen LogP contribution in [0.15, 0.2) is 0 Å². The fraction of sp³-hybridized carbons (Fsp3) is 1.00. The van der Waals surface area contributed by atoms with Crippen LogP contribution in [0.25, 0.3) is 0 Å². The lowest BCUT2D eigenvalue weighted by atomic mass is 10.2. The van der Waals surface area contributed by atoms with Crippen molar-refractivity contribution >= 4 is 18.0 Å². The first kappa shape index (κ1) is 15.4. The van der Waals surface area contributed by atoms with E-state index < -0.39 is 8.24 Å². The van der Waals surface area contributed by atoms with Gasteiger partial charge in [-0.1, -0.05) is 19.6 Å². The quantitative estimate of drug-likeness (QED) is 0.527. The van der Waals surface area contributed by atoms with Gasteiger partial charge in [0.2, 0.25) is 9.76 Å². The SMILES string of the molecule is CN(CCC[Si]OC(C)(C)C)[Si](C)(C)C. The lowest BCUT2D eigenvalue weighted by molar-refractivity contribution is 0.138. The zero-order chi connectivity index (χ0) is 12.1. The summed E-state index contributed by atoms with van der Waals surface area (Å²) in [6.07, 6.45) is 1.26. The summed E-state index contributed by atoms with van der Waals surface area (Å²) in [5, 5.41) is 0. The van der Waals surface area contributed by atoms with Crippen molar-refractivity contribution in [3.63, 3.8) is 0 Å². The van der Waals surface area contributed by atoms with Crippen molar-refractivity contribution in [1.82, 2.24) is 4.57 Å². The first-order valence-electron chi connectivity index (χ1n) is 5.75. The molecule has 0 saturated heterocycles. The molecule has 0 fully saturated rings. The van der Waals surface area contributed by atoms with Crippen LogP contribution in [0.2, 0.25) is 25.7 Å². The Morgan fingerprint density at radius 1 is 1.20 bits per heavy atom. The third-order valence-electron chi connectivity index (χ3n) is 2.30. The largest absolute Gasteiger partial charge is 0.413 e. The summed E-state index contributed by atoms with van der Waals surface area (Å²) in [5.41, 5.74) is 0.0309. The van der Waals surface area contributed by atoms with E-state index in [0.717, 1.165) is 0 Å². The van der Waals surface area contributed by atoms with E-state index in [1.54, 1.807) is 0 Å². The van der Waals surface area contributed by atoms with Crippen LogP contribution < -0.4 is 0 Å². The van der Waals surface area contributed by atoms with Crippen LogP contribution in [0.5, 0.6) is 0 Å². The molecule has 0 saturated carbocycles. The maximum absolute atomic E-state index is 5.72. The summed E-state index contributed by atoms with van der Waals surface area (Å²) in [6.45, 7) is 14.7. The van der Waals surface area contributed by atoms with E-state index in [4.69, 9.17) is 4.43 Å². The normalized spacial score (nSPS) is 13.6. The molecule has 0 amide bonds. The monoisotopic (exact) mass is 245 g/mol. The van der Waals surface area contributed by atoms with Gasteiger partial charge in [0.1, 0.15) is 8.24 Å². The van der Waals surface area contributed by atoms with Crippen molar-refractivity contribution in [1.29, 1.82) is 0 Å². The van der Waals surface area contributed by atoms with Gasteiger partial charge < -0.3 is 8.99 Å². The lowest BCUT2D eigenvalue weighted by Gasteiger charge is -2.29. The number of hydrogen-bond acceptors (Lipinski definition) is 2. The molecule has 0 aliphatic carbocycles. The summed E-state index contributed by atoms with van der Waals surface area (Å²) in [7, 11) is 1.84. The van der Waals surface area contributed by atoms with Crippen LogP contribution in [-0.4, -0.2) is 41.8 Å². The molecule has 0 heterocycles. The molecule has 15 heavy (non-hydrogen) atoms. The summed E-state index contributed by atoms with van der Waals surface area (Å²) in [6, 6.07) is 1.20. The molecule has 0 rings (SSSR count). The first-order chi connectivity index (χ1) is 6.63. The van der Waals surface area contributed by atoms with E-state index in [1.807, 2.05) is 0 Å². The van der Waals surface area contributed by atoms with E-state index in [9.17, 15) is 0 Å². The van der Waals surface area contributed by atoms with Crippen molar-refractivity contribution in [2.45, 2.75) is 58.5 Å². The lowest BCUT2D eigenvalue weighted by Crippen LogP contribution is -2.43. The average molecular weight is 246 g/mol. The molecule has 0 aromatic rings. The second-order valence-corrected chi connectivity index (χ2v) is 12.2. The predicted octanol–water partition coefficient (Wildman–Crippen LogP) is 3.00. The van der Waals surface area contributed by atoms with Gasteiger partial charge in [-0.2, -0.15) is 0 Å². The van der Waals surface area contributed by atoms with E-state index in [-0.39, 0.29) is 5.60 Å². The summed E-state index contributed by atoms with van der Waals surface area (Å²) >= 11 is 0. The summed E-state index contributed by atoms with van der Waals surface area (Å²) in [5.74, 6) is 0. The van der Waals surface area contributed by atoms with E-state index >= 15 is 0 Å². The highest BCUT2D eigenvalue weighted by atomic mass is 28.3. The molecule has 0 aromatic heterocycles. The summed E-state index contributed by atoms with van der Waals surface area (Å²) < 4.78 is 8.25. The second-order valence-electron chi connectivity index (χ2n) is 6.05. The van der Waals surface area contributed by atoms with Gasteiger partial charge >= 0.3 is 0 Å². The third kappa shape index (κ3) is 9.29. The topological polar surface area (TPSA) is 12.5 Å². The number of hydrogen-bond donors (Lipinski definition) is 0. The number of rotatable bonds is 6. The van der Waals surface area contributed by atoms with Gasteiger partial charge in [-0.3, -0.25) is 0 Å². The van der Waals surface area contributed by atoms with Gasteiger partial charge in [0.25, 0.3) is 0 Å². The van der Waals surface area contributed by atoms with Crippen LogP contribution >= 0.6 is 0 Å². The van der Waals surface area contributed by atoms with Crippen LogP contribution in [0.1, 0.15) is 27.2 Å². The Bertz CT molecular complexity index is 172. The molecular weight excluding hydrogens is 218 g/mol. The van der Waals surface area contributed by atoms with Crippen LogP contribution in [-0.2, 0) is 4.43 Å². The van der Waals surface area contributed by atoms with Crippen LogP contribution in [0, 0.1) is 0 Å². The molecule has 0 aliphatic rings. The Balaban J connectivity index is 3.48. The molecule has 2 nitrogen and oxygen atoms in total. The minimum Gasteiger partial charge on any atom is -0.413 e. The Hall–Kier alpha value is 0.354. The van der Waals surface area contributed by atoms with Gasteiger partial charge in [0.15, 0.2) is 0 Å². The van der Waals surface area contributed by atoms with E-state index in [2.05, 4.69) is 52.0 Å². The fourth-order valence-electron chi connectivity index (χ4n) is 0.991. The van der Waals surface area contributed by atoms with Gasteiger partial charge in [-0.05, 0) is 46.8 Å². The van der Waals surface area contributed by atoms with Crippen molar-refractivity contribution in [2.24, 2.45) is 0 Å². The Morgan fingerprint density at radius 2 is 1.73 bits per heavy atom. The zero-order valence-electron chi connectivity index (χ0n) is 11.5. The first-order valence-corrected chi connectivity index (χ1v) is 10.3. The molecule has 0 atom stereocenters. The van der Waals surface area contributed by atoms with Crippen molar-refractivity contribution in [3.05, 3.63) is 0 Å². The highest BCUT2D eigenvalue weighted by Gasteiger charge is 2.19. The maximum atomic E-state index is 5.72. The van der Waals surface area contributed by atoms with Crippen LogP contribution in [0.4, 0.5) is 0 Å². The Morgan fingerprint density at radius 3 is 2.13 bits per heavy atom. The third-order valence-corrected chi connectivity index (χ3v) is 6.12. The van der Waals surface area contributed by atoms with Crippen molar-refractivity contribution < 1.29 is 4.43 Å². The fourth-order valence-corrected chi connectivity index (χ4v) is 2.66. The smallest absolute Gasteiger partial charge is 0.230 e. The average Bonchev–Trinajstić information content (AvgIpc) is 1.99. The molecule has 0 aliphatic heterocycles. The molecule has 4 heteroatoms. The predicted molar refractivity (Wildman–Crippen MR) is 72.0 cm³/mol. The van der Waals surface area contributed by atoms with Crippen molar-refractivity contribution in [3.8, 4) is 0 Å². The molecule has 0 spiro atoms.